The summed E-state index contributed by atoms with van der Waals surface area (Å²) in [4.78, 5) is 0. The minimum absolute atomic E-state index is 0.431. The molecule has 0 radical (unpaired) electrons. The van der Waals surface area contributed by atoms with Gasteiger partial charge in [0.1, 0.15) is 11.6 Å². The van der Waals surface area contributed by atoms with Crippen LogP contribution in [0.1, 0.15) is 36.5 Å². The minimum Gasteiger partial charge on any atom is -0.388 e. The second kappa shape index (κ2) is 3.65. The third kappa shape index (κ3) is 1.64. The van der Waals surface area contributed by atoms with Crippen LogP contribution in [0.25, 0.3) is 0 Å². The van der Waals surface area contributed by atoms with Gasteiger partial charge in [-0.2, -0.15) is 0 Å². The number of rotatable bonds is 0. The van der Waals surface area contributed by atoms with Crippen LogP contribution < -0.4 is 0 Å². The maximum atomic E-state index is 13.3. The van der Waals surface area contributed by atoms with Crippen LogP contribution in [-0.2, 0) is 6.42 Å². The summed E-state index contributed by atoms with van der Waals surface area (Å²) in [5.74, 6) is -1.14. The molecule has 0 aromatic heterocycles. The normalized spacial score (nSPS) is 21.5. The molecule has 76 valence electrons. The summed E-state index contributed by atoms with van der Waals surface area (Å²) in [7, 11) is 0. The summed E-state index contributed by atoms with van der Waals surface area (Å²) in [5, 5.41) is 9.66. The zero-order valence-corrected chi connectivity index (χ0v) is 7.76. The molecule has 0 saturated heterocycles. The predicted molar refractivity (Wildman–Crippen MR) is 48.9 cm³/mol. The molecule has 14 heavy (non-hydrogen) atoms. The fraction of sp³-hybridized carbons (Fsp3) is 0.455. The quantitative estimate of drug-likeness (QED) is 0.635. The number of aliphatic hydroxyl groups is 1. The Labute approximate surface area is 81.4 Å². The molecule has 1 N–H and O–H groups in total. The first kappa shape index (κ1) is 9.59. The topological polar surface area (TPSA) is 20.2 Å². The molecule has 0 saturated carbocycles. The summed E-state index contributed by atoms with van der Waals surface area (Å²) < 4.78 is 26.2. The van der Waals surface area contributed by atoms with Crippen molar-refractivity contribution in [2.24, 2.45) is 0 Å². The highest BCUT2D eigenvalue weighted by Gasteiger charge is 2.20. The van der Waals surface area contributed by atoms with Crippen molar-refractivity contribution in [1.82, 2.24) is 0 Å². The zero-order chi connectivity index (χ0) is 10.1. The van der Waals surface area contributed by atoms with E-state index in [0.717, 1.165) is 18.9 Å². The first-order chi connectivity index (χ1) is 6.68. The average Bonchev–Trinajstić information content (AvgIpc) is 2.29. The van der Waals surface area contributed by atoms with Crippen LogP contribution in [0.4, 0.5) is 8.78 Å². The largest absolute Gasteiger partial charge is 0.388 e. The van der Waals surface area contributed by atoms with E-state index >= 15 is 0 Å². The lowest BCUT2D eigenvalue weighted by Gasteiger charge is -2.12. The molecule has 1 atom stereocenters. The molecule has 2 rings (SSSR count). The van der Waals surface area contributed by atoms with Gasteiger partial charge in [-0.15, -0.1) is 0 Å². The van der Waals surface area contributed by atoms with Crippen LogP contribution >= 0.6 is 0 Å². The molecule has 1 aliphatic carbocycles. The van der Waals surface area contributed by atoms with Crippen LogP contribution in [0.15, 0.2) is 12.1 Å². The predicted octanol–water partition coefficient (Wildman–Crippen LogP) is 2.72. The van der Waals surface area contributed by atoms with Crippen molar-refractivity contribution >= 4 is 0 Å². The summed E-state index contributed by atoms with van der Waals surface area (Å²) in [5.41, 5.74) is 0.913. The van der Waals surface area contributed by atoms with Crippen molar-refractivity contribution in [3.05, 3.63) is 34.9 Å². The third-order valence-corrected chi connectivity index (χ3v) is 2.71. The maximum absolute atomic E-state index is 13.3. The molecule has 0 heterocycles. The zero-order valence-electron chi connectivity index (χ0n) is 7.76. The number of halogens is 2. The van der Waals surface area contributed by atoms with Gasteiger partial charge < -0.3 is 5.11 Å². The molecule has 0 fully saturated rings. The first-order valence-electron chi connectivity index (χ1n) is 4.84. The van der Waals surface area contributed by atoms with Crippen molar-refractivity contribution in [1.29, 1.82) is 0 Å². The Bertz CT molecular complexity index is 349. The van der Waals surface area contributed by atoms with Crippen molar-refractivity contribution in [2.75, 3.05) is 0 Å². The first-order valence-corrected chi connectivity index (χ1v) is 4.84. The van der Waals surface area contributed by atoms with Crippen molar-refractivity contribution in [3.8, 4) is 0 Å². The molecule has 0 spiro atoms. The van der Waals surface area contributed by atoms with Gasteiger partial charge in [0, 0.05) is 6.07 Å². The van der Waals surface area contributed by atoms with Crippen LogP contribution in [0.3, 0.4) is 0 Å². The van der Waals surface area contributed by atoms with Crippen molar-refractivity contribution in [3.63, 3.8) is 0 Å². The molecule has 0 bridgehead atoms. The molecule has 0 amide bonds. The van der Waals surface area contributed by atoms with E-state index in [4.69, 9.17) is 0 Å². The van der Waals surface area contributed by atoms with E-state index < -0.39 is 17.7 Å². The minimum atomic E-state index is -0.710. The van der Waals surface area contributed by atoms with E-state index in [1.54, 1.807) is 0 Å². The number of benzene rings is 1. The Morgan fingerprint density at radius 1 is 1.21 bits per heavy atom. The fourth-order valence-electron chi connectivity index (χ4n) is 1.98. The fourth-order valence-corrected chi connectivity index (χ4v) is 1.98. The van der Waals surface area contributed by atoms with E-state index in [2.05, 4.69) is 0 Å². The average molecular weight is 198 g/mol. The molecule has 0 unspecified atom stereocenters. The molecule has 1 aliphatic rings. The Morgan fingerprint density at radius 2 is 2.00 bits per heavy atom. The van der Waals surface area contributed by atoms with Crippen molar-refractivity contribution in [2.45, 2.75) is 31.8 Å². The Balaban J connectivity index is 2.53. The van der Waals surface area contributed by atoms with E-state index in [1.165, 1.54) is 6.07 Å². The molecule has 0 aliphatic heterocycles. The Morgan fingerprint density at radius 3 is 2.79 bits per heavy atom. The van der Waals surface area contributed by atoms with Gasteiger partial charge in [-0.05, 0) is 36.5 Å². The second-order valence-corrected chi connectivity index (χ2v) is 3.72. The summed E-state index contributed by atoms with van der Waals surface area (Å²) in [6.07, 6.45) is 2.19. The lowest BCUT2D eigenvalue weighted by molar-refractivity contribution is 0.166. The van der Waals surface area contributed by atoms with E-state index in [1.807, 2.05) is 0 Å². The monoisotopic (exact) mass is 198 g/mol. The molecule has 3 heteroatoms. The standard InChI is InChI=1S/C11H12F2O/c12-7-5-9-8(10(13)6-7)3-1-2-4-11(9)14/h5-6,11,14H,1-4H2/t11-/m1/s1. The van der Waals surface area contributed by atoms with Gasteiger partial charge in [0.15, 0.2) is 0 Å². The van der Waals surface area contributed by atoms with Gasteiger partial charge in [-0.1, -0.05) is 6.42 Å². The van der Waals surface area contributed by atoms with Crippen LogP contribution in [-0.4, -0.2) is 5.11 Å². The highest BCUT2D eigenvalue weighted by Crippen LogP contribution is 2.30. The van der Waals surface area contributed by atoms with Gasteiger partial charge in [0.05, 0.1) is 6.10 Å². The summed E-state index contributed by atoms with van der Waals surface area (Å²) >= 11 is 0. The number of hydrogen-bond donors (Lipinski definition) is 1. The van der Waals surface area contributed by atoms with Gasteiger partial charge in [-0.3, -0.25) is 0 Å². The second-order valence-electron chi connectivity index (χ2n) is 3.72. The number of hydrogen-bond acceptors (Lipinski definition) is 1. The van der Waals surface area contributed by atoms with Crippen molar-refractivity contribution < 1.29 is 13.9 Å². The molecular formula is C11H12F2O. The summed E-state index contributed by atoms with van der Waals surface area (Å²) in [6.45, 7) is 0. The number of fused-ring (bicyclic) bond motifs is 1. The smallest absolute Gasteiger partial charge is 0.129 e. The maximum Gasteiger partial charge on any atom is 0.129 e. The van der Waals surface area contributed by atoms with Crippen LogP contribution in [0, 0.1) is 11.6 Å². The Kier molecular flexibility index (Phi) is 2.50. The Hall–Kier alpha value is -0.960. The van der Waals surface area contributed by atoms with E-state index in [9.17, 15) is 13.9 Å². The SMILES string of the molecule is O[C@@H]1CCCCc2c(F)cc(F)cc21. The summed E-state index contributed by atoms with van der Waals surface area (Å²) in [6, 6.07) is 2.13. The highest BCUT2D eigenvalue weighted by molar-refractivity contribution is 5.32. The van der Waals surface area contributed by atoms with Gasteiger partial charge in [-0.25, -0.2) is 8.78 Å². The molecule has 1 aromatic rings. The number of aliphatic hydroxyl groups excluding tert-OH is 1. The molecular weight excluding hydrogens is 186 g/mol. The van der Waals surface area contributed by atoms with E-state index in [-0.39, 0.29) is 0 Å². The van der Waals surface area contributed by atoms with Crippen LogP contribution in [0.2, 0.25) is 0 Å². The molecule has 1 nitrogen and oxygen atoms in total. The lowest BCUT2D eigenvalue weighted by atomic mass is 10.0. The van der Waals surface area contributed by atoms with Gasteiger partial charge >= 0.3 is 0 Å². The highest BCUT2D eigenvalue weighted by atomic mass is 19.1. The van der Waals surface area contributed by atoms with Gasteiger partial charge in [0.2, 0.25) is 0 Å². The van der Waals surface area contributed by atoms with Gasteiger partial charge in [0.25, 0.3) is 0 Å². The van der Waals surface area contributed by atoms with Crippen LogP contribution in [0.5, 0.6) is 0 Å². The molecule has 1 aromatic carbocycles. The van der Waals surface area contributed by atoms with E-state index in [0.29, 0.717) is 24.0 Å². The lowest BCUT2D eigenvalue weighted by Crippen LogP contribution is -2.02. The third-order valence-electron chi connectivity index (χ3n) is 2.71.